The fourth-order valence-electron chi connectivity index (χ4n) is 8.44. The zero-order valence-electron chi connectivity index (χ0n) is 19.4. The highest BCUT2D eigenvalue weighted by Crippen LogP contribution is 2.84. The first-order valence-corrected chi connectivity index (χ1v) is 11.3. The summed E-state index contributed by atoms with van der Waals surface area (Å²) < 4.78 is 24.0. The van der Waals surface area contributed by atoms with Gasteiger partial charge in [-0.25, -0.2) is 9.59 Å². The second-order valence-corrected chi connectivity index (χ2v) is 11.3. The van der Waals surface area contributed by atoms with Crippen LogP contribution >= 0.6 is 0 Å². The third kappa shape index (κ3) is 1.54. The van der Waals surface area contributed by atoms with Crippen LogP contribution in [0.2, 0.25) is 0 Å². The number of fused-ring (bicyclic) bond motifs is 1. The minimum Gasteiger partial charge on any atom is -0.458 e. The van der Waals surface area contributed by atoms with Gasteiger partial charge in [-0.3, -0.25) is 4.79 Å². The molecule has 8 atom stereocenters. The topological polar surface area (TPSA) is 108 Å². The van der Waals surface area contributed by atoms with E-state index in [1.807, 2.05) is 6.92 Å². The SMILES string of the molecule is C=C1[C@]23C(=O)O[C@H](C)[C@]24O[C@@]2(C(=C)[C@]5(C=CC(=O)OC5(C)C)CC[C@]32C)[C@H](O)[C@]1(C)OC4=O. The van der Waals surface area contributed by atoms with E-state index < -0.39 is 68.8 Å². The van der Waals surface area contributed by atoms with Crippen LogP contribution in [0.3, 0.4) is 0 Å². The van der Waals surface area contributed by atoms with Gasteiger partial charge in [-0.1, -0.05) is 26.2 Å². The summed E-state index contributed by atoms with van der Waals surface area (Å²) >= 11 is 0. The van der Waals surface area contributed by atoms with Gasteiger partial charge in [0.2, 0.25) is 5.60 Å². The summed E-state index contributed by atoms with van der Waals surface area (Å²) in [5, 5.41) is 12.0. The predicted octanol–water partition coefficient (Wildman–Crippen LogP) is 1.91. The van der Waals surface area contributed by atoms with Crippen LogP contribution in [0.4, 0.5) is 0 Å². The monoisotopic (exact) mass is 456 g/mol. The van der Waals surface area contributed by atoms with Crippen LogP contribution in [-0.4, -0.2) is 57.6 Å². The molecular formula is C25H28O8. The van der Waals surface area contributed by atoms with Crippen molar-refractivity contribution in [2.45, 2.75) is 82.1 Å². The molecule has 5 fully saturated rings. The molecule has 6 aliphatic rings. The summed E-state index contributed by atoms with van der Waals surface area (Å²) in [5.41, 5.74) is -8.79. The summed E-state index contributed by atoms with van der Waals surface area (Å²) in [5.74, 6) is -1.80. The number of carbonyl (C=O) groups is 3. The Morgan fingerprint density at radius 2 is 1.64 bits per heavy atom. The van der Waals surface area contributed by atoms with Crippen molar-refractivity contribution in [1.29, 1.82) is 0 Å². The van der Waals surface area contributed by atoms with E-state index in [0.29, 0.717) is 24.0 Å². The molecule has 0 aromatic heterocycles. The van der Waals surface area contributed by atoms with E-state index in [1.165, 1.54) is 6.08 Å². The molecular weight excluding hydrogens is 428 g/mol. The van der Waals surface area contributed by atoms with Gasteiger partial charge in [0.25, 0.3) is 0 Å². The zero-order valence-corrected chi connectivity index (χ0v) is 19.4. The van der Waals surface area contributed by atoms with Gasteiger partial charge < -0.3 is 24.1 Å². The molecule has 4 heterocycles. The number of hydrogen-bond donors (Lipinski definition) is 1. The van der Waals surface area contributed by atoms with Crippen molar-refractivity contribution in [3.63, 3.8) is 0 Å². The molecule has 0 amide bonds. The fraction of sp³-hybridized carbons (Fsp3) is 0.640. The first kappa shape index (κ1) is 21.1. The summed E-state index contributed by atoms with van der Waals surface area (Å²) in [7, 11) is 0. The first-order valence-electron chi connectivity index (χ1n) is 11.3. The van der Waals surface area contributed by atoms with E-state index in [0.717, 1.165) is 0 Å². The number of aliphatic hydroxyl groups is 1. The first-order chi connectivity index (χ1) is 15.2. The second-order valence-electron chi connectivity index (χ2n) is 11.3. The number of rotatable bonds is 0. The molecule has 0 aromatic rings. The molecule has 3 bridgehead atoms. The van der Waals surface area contributed by atoms with Crippen LogP contribution in [0, 0.1) is 16.2 Å². The Balaban J connectivity index is 1.72. The lowest BCUT2D eigenvalue weighted by Gasteiger charge is -2.67. The molecule has 33 heavy (non-hydrogen) atoms. The molecule has 0 unspecified atom stereocenters. The van der Waals surface area contributed by atoms with Crippen LogP contribution in [0.15, 0.2) is 36.5 Å². The van der Waals surface area contributed by atoms with E-state index in [9.17, 15) is 19.5 Å². The van der Waals surface area contributed by atoms with Gasteiger partial charge in [-0.2, -0.15) is 0 Å². The van der Waals surface area contributed by atoms with E-state index >= 15 is 0 Å². The van der Waals surface area contributed by atoms with Crippen molar-refractivity contribution in [2.24, 2.45) is 16.2 Å². The van der Waals surface area contributed by atoms with E-state index in [4.69, 9.17) is 18.9 Å². The van der Waals surface area contributed by atoms with Gasteiger partial charge in [0.05, 0.1) is 5.41 Å². The largest absolute Gasteiger partial charge is 0.458 e. The Labute approximate surface area is 191 Å². The highest BCUT2D eigenvalue weighted by Gasteiger charge is 2.98. The summed E-state index contributed by atoms with van der Waals surface area (Å²) in [6.07, 6.45) is 1.59. The van der Waals surface area contributed by atoms with Crippen molar-refractivity contribution in [3.05, 3.63) is 36.5 Å². The maximum absolute atomic E-state index is 13.7. The highest BCUT2D eigenvalue weighted by atomic mass is 16.7. The Morgan fingerprint density at radius 1 is 0.970 bits per heavy atom. The summed E-state index contributed by atoms with van der Waals surface area (Å²) in [6, 6.07) is 0. The average molecular weight is 456 g/mol. The molecule has 0 aromatic carbocycles. The zero-order chi connectivity index (χ0) is 24.2. The Kier molecular flexibility index (Phi) is 3.28. The van der Waals surface area contributed by atoms with Crippen molar-refractivity contribution in [2.75, 3.05) is 0 Å². The average Bonchev–Trinajstić information content (AvgIpc) is 3.04. The third-order valence-electron chi connectivity index (χ3n) is 10.2. The molecule has 6 rings (SSSR count). The minimum atomic E-state index is -1.80. The van der Waals surface area contributed by atoms with Crippen LogP contribution in [0.25, 0.3) is 0 Å². The lowest BCUT2D eigenvalue weighted by molar-refractivity contribution is -0.231. The fourth-order valence-corrected chi connectivity index (χ4v) is 8.44. The van der Waals surface area contributed by atoms with Crippen LogP contribution in [-0.2, 0) is 33.3 Å². The van der Waals surface area contributed by atoms with Crippen molar-refractivity contribution in [1.82, 2.24) is 0 Å². The van der Waals surface area contributed by atoms with Crippen LogP contribution < -0.4 is 0 Å². The van der Waals surface area contributed by atoms with Gasteiger partial charge in [0, 0.05) is 11.5 Å². The van der Waals surface area contributed by atoms with Gasteiger partial charge in [-0.15, -0.1) is 0 Å². The molecule has 8 nitrogen and oxygen atoms in total. The third-order valence-corrected chi connectivity index (χ3v) is 10.2. The van der Waals surface area contributed by atoms with Crippen molar-refractivity contribution in [3.8, 4) is 0 Å². The predicted molar refractivity (Wildman–Crippen MR) is 112 cm³/mol. The standard InChI is InChI=1S/C25H28O8/c1-12-21(7)16(27)24-13(2)22(9-8-15(26)31-19(22,4)5)11-10-20(24,6)23(12)17(28)30-14(3)25(23,33-24)18(29)32-21/h8-9,14,16,27H,1-2,10-11H2,3-7H3/t14-,16-,20-,21-,22+,23-,24+,25-/m1/s1. The van der Waals surface area contributed by atoms with Gasteiger partial charge >= 0.3 is 17.9 Å². The molecule has 1 N–H and O–H groups in total. The number of ether oxygens (including phenoxy) is 4. The molecule has 2 saturated carbocycles. The normalized spacial score (nSPS) is 55.3. The second kappa shape index (κ2) is 5.13. The maximum atomic E-state index is 13.7. The number of aliphatic hydroxyl groups excluding tert-OH is 1. The maximum Gasteiger partial charge on any atom is 0.344 e. The van der Waals surface area contributed by atoms with Crippen molar-refractivity contribution < 1.29 is 38.4 Å². The molecule has 8 heteroatoms. The van der Waals surface area contributed by atoms with Gasteiger partial charge in [-0.05, 0) is 51.7 Å². The molecule has 2 spiro atoms. The summed E-state index contributed by atoms with van der Waals surface area (Å²) in [4.78, 5) is 39.5. The molecule has 4 aliphatic heterocycles. The Hall–Kier alpha value is -2.45. The van der Waals surface area contributed by atoms with Gasteiger partial charge in [0.1, 0.15) is 28.8 Å². The molecule has 2 aliphatic carbocycles. The Bertz CT molecular complexity index is 1150. The lowest BCUT2D eigenvalue weighted by atomic mass is 9.35. The number of cyclic esters (lactones) is 2. The molecule has 3 saturated heterocycles. The lowest BCUT2D eigenvalue weighted by Crippen LogP contribution is -2.79. The van der Waals surface area contributed by atoms with E-state index in [1.54, 1.807) is 33.8 Å². The summed E-state index contributed by atoms with van der Waals surface area (Å²) in [6.45, 7) is 17.3. The quantitative estimate of drug-likeness (QED) is 0.335. The Morgan fingerprint density at radius 3 is 2.27 bits per heavy atom. The number of carbonyl (C=O) groups excluding carboxylic acids is 3. The van der Waals surface area contributed by atoms with E-state index in [-0.39, 0.29) is 0 Å². The van der Waals surface area contributed by atoms with Gasteiger partial charge in [0.15, 0.2) is 5.60 Å². The smallest absolute Gasteiger partial charge is 0.344 e. The van der Waals surface area contributed by atoms with E-state index in [2.05, 4.69) is 13.2 Å². The molecule has 176 valence electrons. The molecule has 0 radical (unpaired) electrons. The van der Waals surface area contributed by atoms with Crippen LogP contribution in [0.5, 0.6) is 0 Å². The minimum absolute atomic E-state index is 0.292. The highest BCUT2D eigenvalue weighted by molar-refractivity contribution is 6.02. The van der Waals surface area contributed by atoms with Crippen LogP contribution in [0.1, 0.15) is 47.5 Å². The van der Waals surface area contributed by atoms with Crippen molar-refractivity contribution >= 4 is 17.9 Å². The number of esters is 3. The number of hydrogen-bond acceptors (Lipinski definition) is 8.